The number of nitrogens with zero attached hydrogens (tertiary/aromatic N) is 1. The quantitative estimate of drug-likeness (QED) is 0.911. The van der Waals surface area contributed by atoms with Crippen LogP contribution in [0.25, 0.3) is 0 Å². The number of amides is 2. The second kappa shape index (κ2) is 6.04. The summed E-state index contributed by atoms with van der Waals surface area (Å²) >= 11 is 0. The Bertz CT molecular complexity index is 671. The fourth-order valence-electron chi connectivity index (χ4n) is 1.72. The highest BCUT2D eigenvalue weighted by Crippen LogP contribution is 2.16. The van der Waals surface area contributed by atoms with Crippen molar-refractivity contribution in [2.45, 2.75) is 0 Å². The Balaban J connectivity index is 2.12. The van der Waals surface area contributed by atoms with Crippen LogP contribution in [0.4, 0.5) is 20.6 Å². The molecule has 0 unspecified atom stereocenters. The Morgan fingerprint density at radius 2 is 1.81 bits per heavy atom. The average Bonchev–Trinajstić information content (AvgIpc) is 2.47. The van der Waals surface area contributed by atoms with Crippen molar-refractivity contribution in [1.82, 2.24) is 0 Å². The molecule has 2 aromatic carbocycles. The summed E-state index contributed by atoms with van der Waals surface area (Å²) in [5.41, 5.74) is 0.967. The van der Waals surface area contributed by atoms with Crippen molar-refractivity contribution < 1.29 is 19.1 Å². The lowest BCUT2D eigenvalue weighted by Gasteiger charge is -2.18. The molecule has 0 saturated heterocycles. The number of carboxylic acid groups (broad SMARTS) is 1. The predicted molar refractivity (Wildman–Crippen MR) is 77.2 cm³/mol. The number of carbonyl (C=O) groups excluding carboxylic acids is 1. The van der Waals surface area contributed by atoms with Gasteiger partial charge in [-0.05, 0) is 42.5 Å². The number of benzene rings is 2. The van der Waals surface area contributed by atoms with E-state index in [9.17, 15) is 14.0 Å². The summed E-state index contributed by atoms with van der Waals surface area (Å²) in [5.74, 6) is -1.46. The van der Waals surface area contributed by atoms with E-state index in [0.717, 1.165) is 0 Å². The summed E-state index contributed by atoms with van der Waals surface area (Å²) < 4.78 is 12.8. The number of anilines is 2. The molecule has 0 bridgehead atoms. The number of rotatable bonds is 3. The van der Waals surface area contributed by atoms with Crippen molar-refractivity contribution in [2.24, 2.45) is 0 Å². The number of halogens is 1. The zero-order valence-corrected chi connectivity index (χ0v) is 11.2. The molecular weight excluding hydrogens is 275 g/mol. The van der Waals surface area contributed by atoms with Crippen LogP contribution in [0.3, 0.4) is 0 Å². The van der Waals surface area contributed by atoms with Crippen LogP contribution in [0.2, 0.25) is 0 Å². The molecule has 5 nitrogen and oxygen atoms in total. The van der Waals surface area contributed by atoms with Crippen molar-refractivity contribution in [2.75, 3.05) is 17.3 Å². The van der Waals surface area contributed by atoms with Crippen LogP contribution in [0.15, 0.2) is 48.5 Å². The molecule has 2 rings (SSSR count). The molecular formula is C15H13FN2O3. The van der Waals surface area contributed by atoms with Crippen LogP contribution in [0, 0.1) is 5.82 Å². The van der Waals surface area contributed by atoms with Gasteiger partial charge < -0.3 is 10.4 Å². The fourth-order valence-corrected chi connectivity index (χ4v) is 1.72. The molecule has 2 amide bonds. The molecule has 0 atom stereocenters. The van der Waals surface area contributed by atoms with Gasteiger partial charge in [0, 0.05) is 18.4 Å². The molecule has 0 spiro atoms. The number of urea groups is 1. The van der Waals surface area contributed by atoms with Crippen LogP contribution in [0.1, 0.15) is 10.4 Å². The monoisotopic (exact) mass is 288 g/mol. The van der Waals surface area contributed by atoms with Gasteiger partial charge in [-0.25, -0.2) is 14.0 Å². The zero-order valence-electron chi connectivity index (χ0n) is 11.2. The first kappa shape index (κ1) is 14.5. The molecule has 0 aliphatic rings. The average molecular weight is 288 g/mol. The largest absolute Gasteiger partial charge is 0.478 e. The highest BCUT2D eigenvalue weighted by Gasteiger charge is 2.12. The topological polar surface area (TPSA) is 69.6 Å². The van der Waals surface area contributed by atoms with Gasteiger partial charge in [-0.1, -0.05) is 6.07 Å². The normalized spacial score (nSPS) is 10.0. The van der Waals surface area contributed by atoms with Gasteiger partial charge in [-0.15, -0.1) is 0 Å². The molecule has 108 valence electrons. The second-order valence-electron chi connectivity index (χ2n) is 4.35. The van der Waals surface area contributed by atoms with Crippen molar-refractivity contribution >= 4 is 23.4 Å². The van der Waals surface area contributed by atoms with Gasteiger partial charge in [0.15, 0.2) is 0 Å². The van der Waals surface area contributed by atoms with Gasteiger partial charge in [-0.3, -0.25) is 4.90 Å². The van der Waals surface area contributed by atoms with Crippen molar-refractivity contribution in [1.29, 1.82) is 0 Å². The number of carbonyl (C=O) groups is 2. The molecule has 2 aromatic rings. The highest BCUT2D eigenvalue weighted by atomic mass is 19.1. The number of hydrogen-bond donors (Lipinski definition) is 2. The maximum atomic E-state index is 12.8. The van der Waals surface area contributed by atoms with Crippen LogP contribution in [-0.4, -0.2) is 24.2 Å². The first-order valence-corrected chi connectivity index (χ1v) is 6.11. The minimum Gasteiger partial charge on any atom is -0.478 e. The third-order valence-corrected chi connectivity index (χ3v) is 2.88. The van der Waals surface area contributed by atoms with E-state index in [4.69, 9.17) is 5.11 Å². The van der Waals surface area contributed by atoms with E-state index >= 15 is 0 Å². The summed E-state index contributed by atoms with van der Waals surface area (Å²) in [6.07, 6.45) is 0. The smallest absolute Gasteiger partial charge is 0.335 e. The summed E-state index contributed by atoms with van der Waals surface area (Å²) in [5, 5.41) is 11.5. The fraction of sp³-hybridized carbons (Fsp3) is 0.0667. The SMILES string of the molecule is CN(C(=O)Nc1cccc(C(=O)O)c1)c1ccc(F)cc1. The van der Waals surface area contributed by atoms with Crippen molar-refractivity contribution in [3.8, 4) is 0 Å². The zero-order chi connectivity index (χ0) is 15.4. The maximum Gasteiger partial charge on any atom is 0.335 e. The third-order valence-electron chi connectivity index (χ3n) is 2.88. The third kappa shape index (κ3) is 3.56. The van der Waals surface area contributed by atoms with Gasteiger partial charge in [0.2, 0.25) is 0 Å². The minimum absolute atomic E-state index is 0.0808. The van der Waals surface area contributed by atoms with Gasteiger partial charge in [-0.2, -0.15) is 0 Å². The second-order valence-corrected chi connectivity index (χ2v) is 4.35. The predicted octanol–water partition coefficient (Wildman–Crippen LogP) is 3.19. The number of hydrogen-bond acceptors (Lipinski definition) is 2. The van der Waals surface area contributed by atoms with Gasteiger partial charge >= 0.3 is 12.0 Å². The Labute approximate surface area is 120 Å². The van der Waals surface area contributed by atoms with Crippen LogP contribution >= 0.6 is 0 Å². The van der Waals surface area contributed by atoms with Crippen molar-refractivity contribution in [3.05, 3.63) is 59.9 Å². The molecule has 6 heteroatoms. The first-order chi connectivity index (χ1) is 9.97. The molecule has 2 N–H and O–H groups in total. The van der Waals surface area contributed by atoms with E-state index in [1.54, 1.807) is 6.07 Å². The van der Waals surface area contributed by atoms with E-state index in [1.807, 2.05) is 0 Å². The van der Waals surface area contributed by atoms with E-state index in [0.29, 0.717) is 11.4 Å². The lowest BCUT2D eigenvalue weighted by Crippen LogP contribution is -2.31. The van der Waals surface area contributed by atoms with E-state index in [1.165, 1.54) is 54.4 Å². The standard InChI is InChI=1S/C15H13FN2O3/c1-18(13-7-5-11(16)6-8-13)15(21)17-12-4-2-3-10(9-12)14(19)20/h2-9H,1H3,(H,17,21)(H,19,20). The molecule has 21 heavy (non-hydrogen) atoms. The number of carboxylic acids is 1. The number of aromatic carboxylic acids is 1. The summed E-state index contributed by atoms with van der Waals surface area (Å²) in [6.45, 7) is 0. The van der Waals surface area contributed by atoms with Crippen LogP contribution < -0.4 is 10.2 Å². The molecule has 0 heterocycles. The summed E-state index contributed by atoms with van der Waals surface area (Å²) in [6, 6.07) is 10.9. The highest BCUT2D eigenvalue weighted by molar-refractivity contribution is 6.02. The Kier molecular flexibility index (Phi) is 4.18. The Hall–Kier alpha value is -2.89. The van der Waals surface area contributed by atoms with E-state index < -0.39 is 12.0 Å². The van der Waals surface area contributed by atoms with E-state index in [-0.39, 0.29) is 11.4 Å². The van der Waals surface area contributed by atoms with Crippen LogP contribution in [0.5, 0.6) is 0 Å². The molecule has 0 radical (unpaired) electrons. The molecule has 0 aliphatic heterocycles. The van der Waals surface area contributed by atoms with Crippen LogP contribution in [-0.2, 0) is 0 Å². The molecule has 0 aliphatic carbocycles. The Morgan fingerprint density at radius 3 is 2.43 bits per heavy atom. The van der Waals surface area contributed by atoms with Gasteiger partial charge in [0.05, 0.1) is 5.56 Å². The van der Waals surface area contributed by atoms with E-state index in [2.05, 4.69) is 5.32 Å². The minimum atomic E-state index is -1.07. The van der Waals surface area contributed by atoms with Crippen molar-refractivity contribution in [3.63, 3.8) is 0 Å². The summed E-state index contributed by atoms with van der Waals surface area (Å²) in [4.78, 5) is 24.2. The molecule has 0 fully saturated rings. The summed E-state index contributed by atoms with van der Waals surface area (Å²) in [7, 11) is 1.53. The number of nitrogens with one attached hydrogen (secondary N) is 1. The Morgan fingerprint density at radius 1 is 1.14 bits per heavy atom. The molecule has 0 aromatic heterocycles. The van der Waals surface area contributed by atoms with Gasteiger partial charge in [0.25, 0.3) is 0 Å². The lowest BCUT2D eigenvalue weighted by molar-refractivity contribution is 0.0697. The first-order valence-electron chi connectivity index (χ1n) is 6.11. The lowest BCUT2D eigenvalue weighted by atomic mass is 10.2. The molecule has 0 saturated carbocycles. The maximum absolute atomic E-state index is 12.8. The van der Waals surface area contributed by atoms with Gasteiger partial charge in [0.1, 0.15) is 5.82 Å².